The van der Waals surface area contributed by atoms with E-state index in [-0.39, 0.29) is 5.91 Å². The van der Waals surface area contributed by atoms with Crippen LogP contribution in [0.3, 0.4) is 0 Å². The Morgan fingerprint density at radius 3 is 2.66 bits per heavy atom. The van der Waals surface area contributed by atoms with Gasteiger partial charge in [0.25, 0.3) is 5.91 Å². The number of carbonyl (C=O) groups is 1. The van der Waals surface area contributed by atoms with Crippen molar-refractivity contribution < 1.29 is 13.2 Å². The number of para-hydroxylation sites is 1. The van der Waals surface area contributed by atoms with E-state index in [9.17, 15) is 13.2 Å². The molecule has 29 heavy (non-hydrogen) atoms. The average Bonchev–Trinajstić information content (AvgIpc) is 3.18. The van der Waals surface area contributed by atoms with Crippen molar-refractivity contribution in [1.82, 2.24) is 9.88 Å². The smallest absolute Gasteiger partial charge is 0.254 e. The Morgan fingerprint density at radius 1 is 1.14 bits per heavy atom. The summed E-state index contributed by atoms with van der Waals surface area (Å²) < 4.78 is 28.3. The van der Waals surface area contributed by atoms with Crippen molar-refractivity contribution in [1.29, 1.82) is 0 Å². The van der Waals surface area contributed by atoms with Gasteiger partial charge in [-0.1, -0.05) is 18.2 Å². The normalized spacial score (nSPS) is 19.2. The molecule has 2 aliphatic rings. The van der Waals surface area contributed by atoms with E-state index in [4.69, 9.17) is 0 Å². The van der Waals surface area contributed by atoms with E-state index in [2.05, 4.69) is 4.98 Å². The number of amides is 1. The van der Waals surface area contributed by atoms with E-state index in [1.54, 1.807) is 36.7 Å². The summed E-state index contributed by atoms with van der Waals surface area (Å²) in [6.45, 7) is 1.68. The number of fused-ring (bicyclic) bond motifs is 1. The van der Waals surface area contributed by atoms with Crippen LogP contribution in [-0.2, 0) is 16.4 Å². The number of pyridine rings is 1. The van der Waals surface area contributed by atoms with Gasteiger partial charge in [-0.15, -0.1) is 0 Å². The van der Waals surface area contributed by atoms with Crippen LogP contribution >= 0.6 is 0 Å². The third-order valence-electron chi connectivity index (χ3n) is 5.68. The number of rotatable bonds is 4. The molecule has 1 atom stereocenters. The molecule has 1 saturated heterocycles. The lowest BCUT2D eigenvalue weighted by molar-refractivity contribution is 0.0827. The predicted octanol–water partition coefficient (Wildman–Crippen LogP) is 2.14. The molecule has 0 N–H and O–H groups in total. The van der Waals surface area contributed by atoms with Crippen LogP contribution in [0, 0.1) is 0 Å². The first-order valence-electron chi connectivity index (χ1n) is 9.90. The average molecular weight is 415 g/mol. The maximum absolute atomic E-state index is 13.4. The predicted molar refractivity (Wildman–Crippen MR) is 114 cm³/mol. The van der Waals surface area contributed by atoms with Gasteiger partial charge >= 0.3 is 0 Å². The minimum Gasteiger partial charge on any atom is -0.355 e. The summed E-state index contributed by atoms with van der Waals surface area (Å²) in [6.07, 6.45) is 3.76. The van der Waals surface area contributed by atoms with Crippen molar-refractivity contribution in [3.05, 3.63) is 53.7 Å². The first-order chi connectivity index (χ1) is 13.9. The molecule has 0 aliphatic carbocycles. The molecule has 7 nitrogen and oxygen atoms in total. The largest absolute Gasteiger partial charge is 0.355 e. The lowest BCUT2D eigenvalue weighted by atomic mass is 10.1. The van der Waals surface area contributed by atoms with Gasteiger partial charge in [0.2, 0.25) is 10.0 Å². The summed E-state index contributed by atoms with van der Waals surface area (Å²) in [5.74, 6) is 0.609. The fourth-order valence-corrected chi connectivity index (χ4v) is 6.09. The van der Waals surface area contributed by atoms with E-state index < -0.39 is 15.3 Å². The van der Waals surface area contributed by atoms with Crippen molar-refractivity contribution in [2.75, 3.05) is 42.9 Å². The lowest BCUT2D eigenvalue weighted by Gasteiger charge is -2.35. The maximum atomic E-state index is 13.4. The Labute approximate surface area is 172 Å². The van der Waals surface area contributed by atoms with Crippen LogP contribution in [0.4, 0.5) is 11.5 Å². The molecule has 1 aromatic heterocycles. The van der Waals surface area contributed by atoms with Crippen molar-refractivity contribution in [3.8, 4) is 0 Å². The van der Waals surface area contributed by atoms with E-state index in [0.29, 0.717) is 30.9 Å². The highest BCUT2D eigenvalue weighted by atomic mass is 32.2. The van der Waals surface area contributed by atoms with Gasteiger partial charge < -0.3 is 9.80 Å². The molecule has 2 aliphatic heterocycles. The monoisotopic (exact) mass is 414 g/mol. The summed E-state index contributed by atoms with van der Waals surface area (Å²) in [5.41, 5.74) is 2.43. The van der Waals surface area contributed by atoms with E-state index in [0.717, 1.165) is 30.6 Å². The Hall–Kier alpha value is -2.61. The minimum absolute atomic E-state index is 0.101. The molecule has 4 rings (SSSR count). The lowest BCUT2D eigenvalue weighted by Crippen LogP contribution is -2.48. The Balaban J connectivity index is 1.52. The number of piperidine rings is 1. The number of hydrogen-bond donors (Lipinski definition) is 0. The number of anilines is 2. The molecular formula is C21H26N4O3S. The summed E-state index contributed by atoms with van der Waals surface area (Å²) in [5, 5.41) is -0.465. The topological polar surface area (TPSA) is 73.8 Å². The molecule has 1 fully saturated rings. The van der Waals surface area contributed by atoms with Crippen molar-refractivity contribution in [2.45, 2.75) is 24.5 Å². The highest BCUT2D eigenvalue weighted by Gasteiger charge is 2.38. The van der Waals surface area contributed by atoms with Gasteiger partial charge in [-0.3, -0.25) is 9.10 Å². The van der Waals surface area contributed by atoms with Crippen LogP contribution in [0.2, 0.25) is 0 Å². The number of nitrogens with zero attached hydrogens (tertiary/aromatic N) is 4. The first-order valence-corrected chi connectivity index (χ1v) is 11.4. The Morgan fingerprint density at radius 2 is 1.93 bits per heavy atom. The maximum Gasteiger partial charge on any atom is 0.254 e. The van der Waals surface area contributed by atoms with Crippen LogP contribution in [0.25, 0.3) is 0 Å². The quantitative estimate of drug-likeness (QED) is 0.766. The molecule has 2 aromatic rings. The standard InChI is InChI=1S/C21H26N4O3S/c1-23(2)21(26)17-9-10-20(22-14-17)24-12-5-7-18(15-24)29(27,28)25-13-11-16-6-3-4-8-19(16)25/h3-4,6,8-10,14,18H,5,7,11-13,15H2,1-2H3. The fraction of sp³-hybridized carbons (Fsp3) is 0.429. The van der Waals surface area contributed by atoms with Gasteiger partial charge in [-0.25, -0.2) is 13.4 Å². The van der Waals surface area contributed by atoms with Gasteiger partial charge in [0.05, 0.1) is 16.5 Å². The zero-order chi connectivity index (χ0) is 20.6. The number of sulfonamides is 1. The van der Waals surface area contributed by atoms with Crippen LogP contribution in [0.15, 0.2) is 42.6 Å². The third-order valence-corrected chi connectivity index (χ3v) is 7.90. The molecule has 0 spiro atoms. The second kappa shape index (κ2) is 7.67. The summed E-state index contributed by atoms with van der Waals surface area (Å²) in [4.78, 5) is 20.0. The molecule has 1 amide bonds. The second-order valence-electron chi connectivity index (χ2n) is 7.81. The molecule has 154 valence electrons. The van der Waals surface area contributed by atoms with Crippen LogP contribution in [0.5, 0.6) is 0 Å². The molecule has 0 saturated carbocycles. The van der Waals surface area contributed by atoms with Crippen LogP contribution in [0.1, 0.15) is 28.8 Å². The SMILES string of the molecule is CN(C)C(=O)c1ccc(N2CCCC(S(=O)(=O)N3CCc4ccccc43)C2)nc1. The summed E-state index contributed by atoms with van der Waals surface area (Å²) in [6, 6.07) is 11.3. The van der Waals surface area contributed by atoms with E-state index in [1.807, 2.05) is 29.2 Å². The molecule has 1 unspecified atom stereocenters. The molecular weight excluding hydrogens is 388 g/mol. The number of hydrogen-bond acceptors (Lipinski definition) is 5. The Kier molecular flexibility index (Phi) is 5.21. The van der Waals surface area contributed by atoms with Gasteiger partial charge in [-0.2, -0.15) is 0 Å². The molecule has 8 heteroatoms. The highest BCUT2D eigenvalue weighted by Crippen LogP contribution is 2.33. The minimum atomic E-state index is -3.45. The first kappa shape index (κ1) is 19.7. The van der Waals surface area contributed by atoms with Gasteiger partial charge in [0.15, 0.2) is 0 Å². The van der Waals surface area contributed by atoms with E-state index >= 15 is 0 Å². The zero-order valence-corrected chi connectivity index (χ0v) is 17.6. The van der Waals surface area contributed by atoms with Crippen molar-refractivity contribution in [2.24, 2.45) is 0 Å². The molecule has 1 aromatic carbocycles. The molecule has 3 heterocycles. The summed E-state index contributed by atoms with van der Waals surface area (Å²) >= 11 is 0. The number of aromatic nitrogens is 1. The van der Waals surface area contributed by atoms with Gasteiger partial charge in [-0.05, 0) is 43.0 Å². The van der Waals surface area contributed by atoms with Gasteiger partial charge in [0.1, 0.15) is 5.82 Å². The van der Waals surface area contributed by atoms with Crippen LogP contribution in [-0.4, -0.2) is 63.2 Å². The fourth-order valence-electron chi connectivity index (χ4n) is 4.10. The third kappa shape index (κ3) is 3.69. The molecule has 0 radical (unpaired) electrons. The second-order valence-corrected chi connectivity index (χ2v) is 9.95. The van der Waals surface area contributed by atoms with Crippen LogP contribution < -0.4 is 9.21 Å². The number of carbonyl (C=O) groups excluding carboxylic acids is 1. The van der Waals surface area contributed by atoms with Gasteiger partial charge in [0, 0.05) is 39.9 Å². The van der Waals surface area contributed by atoms with Crippen molar-refractivity contribution in [3.63, 3.8) is 0 Å². The number of benzene rings is 1. The van der Waals surface area contributed by atoms with Crippen molar-refractivity contribution >= 4 is 27.4 Å². The summed E-state index contributed by atoms with van der Waals surface area (Å²) in [7, 11) is -0.0433. The highest BCUT2D eigenvalue weighted by molar-refractivity contribution is 7.93. The molecule has 0 bridgehead atoms. The van der Waals surface area contributed by atoms with E-state index in [1.165, 1.54) is 4.90 Å². The Bertz CT molecular complexity index is 1000. The zero-order valence-electron chi connectivity index (χ0n) is 16.8.